The number of carbonyl (C=O) groups is 1. The maximum absolute atomic E-state index is 11.2. The summed E-state index contributed by atoms with van der Waals surface area (Å²) in [5, 5.41) is 18.2. The summed E-state index contributed by atoms with van der Waals surface area (Å²) < 4.78 is 0. The lowest BCUT2D eigenvalue weighted by Gasteiger charge is -2.27. The molecule has 1 fully saturated rings. The first-order chi connectivity index (χ1) is 18.6. The number of thioether (sulfide) groups is 1. The molecule has 0 bridgehead atoms. The quantitative estimate of drug-likeness (QED) is 0.140. The smallest absolute Gasteiger partial charge is 0.346 e. The number of carboxylic acid groups (broad SMARTS) is 1. The van der Waals surface area contributed by atoms with Gasteiger partial charge >= 0.3 is 5.97 Å². The van der Waals surface area contributed by atoms with E-state index in [1.807, 2.05) is 23.9 Å². The van der Waals surface area contributed by atoms with Gasteiger partial charge < -0.3 is 10.0 Å². The van der Waals surface area contributed by atoms with E-state index in [9.17, 15) is 4.79 Å². The molecule has 190 valence electrons. The van der Waals surface area contributed by atoms with E-state index in [1.165, 1.54) is 68.9 Å². The number of carboxylic acids is 1. The van der Waals surface area contributed by atoms with E-state index < -0.39 is 5.97 Å². The Morgan fingerprint density at radius 2 is 1.82 bits per heavy atom. The van der Waals surface area contributed by atoms with E-state index in [0.717, 1.165) is 20.4 Å². The van der Waals surface area contributed by atoms with Crippen molar-refractivity contribution in [3.63, 3.8) is 0 Å². The highest BCUT2D eigenvalue weighted by molar-refractivity contribution is 7.99. The van der Waals surface area contributed by atoms with Crippen LogP contribution in [0.2, 0.25) is 0 Å². The molecule has 38 heavy (non-hydrogen) atoms. The number of rotatable bonds is 7. The Morgan fingerprint density at radius 1 is 1.05 bits per heavy atom. The Labute approximate surface area is 234 Å². The van der Waals surface area contributed by atoms with Crippen LogP contribution >= 0.6 is 34.4 Å². The first-order valence-electron chi connectivity index (χ1n) is 12.8. The molecule has 0 radical (unpaired) electrons. The number of anilines is 2. The van der Waals surface area contributed by atoms with Crippen LogP contribution in [0.4, 0.5) is 11.4 Å². The Morgan fingerprint density at radius 3 is 2.58 bits per heavy atom. The predicted octanol–water partition coefficient (Wildman–Crippen LogP) is 9.03. The van der Waals surface area contributed by atoms with Crippen molar-refractivity contribution in [3.05, 3.63) is 82.7 Å². The van der Waals surface area contributed by atoms with Crippen LogP contribution in [-0.2, 0) is 4.79 Å². The van der Waals surface area contributed by atoms with Crippen LogP contribution in [0.1, 0.15) is 42.5 Å². The largest absolute Gasteiger partial charge is 0.477 e. The van der Waals surface area contributed by atoms with E-state index in [4.69, 9.17) is 10.4 Å². The molecule has 1 saturated carbocycles. The van der Waals surface area contributed by atoms with Gasteiger partial charge in [-0.25, -0.2) is 4.79 Å². The molecule has 6 rings (SSSR count). The molecule has 4 aromatic rings. The third kappa shape index (κ3) is 4.58. The summed E-state index contributed by atoms with van der Waals surface area (Å²) in [5.41, 5.74) is 5.10. The summed E-state index contributed by atoms with van der Waals surface area (Å²) in [4.78, 5) is 19.3. The van der Waals surface area contributed by atoms with E-state index in [2.05, 4.69) is 66.4 Å². The Bertz CT molecular complexity index is 1580. The fourth-order valence-electron chi connectivity index (χ4n) is 5.69. The van der Waals surface area contributed by atoms with Crippen LogP contribution in [-0.4, -0.2) is 22.9 Å². The van der Waals surface area contributed by atoms with Gasteiger partial charge in [0, 0.05) is 47.7 Å². The molecule has 0 saturated heterocycles. The lowest BCUT2D eigenvalue weighted by atomic mass is 9.95. The molecule has 2 atom stereocenters. The number of nitriles is 1. The third-order valence-corrected chi connectivity index (χ3v) is 10.6. The standard InChI is InChI=1S/C31H26N2O2S3/c1-2-36-22-9-7-21(8-10-22)33-26-5-3-4-24(26)25-17-19(6-12-27(25)33)28-14-15-30(38-28)29-13-11-23(37-29)16-20(18-32)31(34)35/h6-17,24,26H,2-5H2,1H3,(H,34,35). The van der Waals surface area contributed by atoms with Gasteiger partial charge in [0.1, 0.15) is 11.6 Å². The average Bonchev–Trinajstić information content (AvgIpc) is 3.72. The average molecular weight is 555 g/mol. The van der Waals surface area contributed by atoms with E-state index in [-0.39, 0.29) is 5.57 Å². The van der Waals surface area contributed by atoms with Gasteiger partial charge in [-0.15, -0.1) is 34.4 Å². The fraction of sp³-hybridized carbons (Fsp3) is 0.226. The van der Waals surface area contributed by atoms with Crippen LogP contribution in [0.5, 0.6) is 0 Å². The second-order valence-corrected chi connectivity index (χ2v) is 13.1. The lowest BCUT2D eigenvalue weighted by molar-refractivity contribution is -0.132. The highest BCUT2D eigenvalue weighted by Gasteiger charge is 2.42. The summed E-state index contributed by atoms with van der Waals surface area (Å²) in [5.74, 6) is 0.457. The van der Waals surface area contributed by atoms with Crippen LogP contribution in [0, 0.1) is 11.3 Å². The molecule has 2 aliphatic rings. The summed E-state index contributed by atoms with van der Waals surface area (Å²) >= 11 is 5.13. The SMILES string of the molecule is CCSc1ccc(N2c3ccc(-c4ccc(-c5ccc(C=C(C#N)C(=O)O)s5)s4)cc3C3CCCC32)cc1. The number of hydrogen-bond acceptors (Lipinski definition) is 6. The third-order valence-electron chi connectivity index (χ3n) is 7.32. The van der Waals surface area contributed by atoms with Crippen molar-refractivity contribution in [1.82, 2.24) is 0 Å². The fourth-order valence-corrected chi connectivity index (χ4v) is 8.39. The first kappa shape index (κ1) is 25.0. The molecule has 1 aliphatic heterocycles. The van der Waals surface area contributed by atoms with Gasteiger partial charge in [0.2, 0.25) is 0 Å². The van der Waals surface area contributed by atoms with Gasteiger partial charge in [-0.05, 0) is 96.5 Å². The monoisotopic (exact) mass is 554 g/mol. The van der Waals surface area contributed by atoms with Gasteiger partial charge in [-0.3, -0.25) is 0 Å². The highest BCUT2D eigenvalue weighted by atomic mass is 32.2. The van der Waals surface area contributed by atoms with Crippen molar-refractivity contribution in [1.29, 1.82) is 5.26 Å². The molecule has 4 nitrogen and oxygen atoms in total. The van der Waals surface area contributed by atoms with Gasteiger partial charge in [0.25, 0.3) is 0 Å². The number of benzene rings is 2. The minimum absolute atomic E-state index is 0.251. The molecule has 2 aromatic heterocycles. The molecular weight excluding hydrogens is 529 g/mol. The normalized spacial score (nSPS) is 18.3. The molecular formula is C31H26N2O2S3. The predicted molar refractivity (Wildman–Crippen MR) is 160 cm³/mol. The number of hydrogen-bond donors (Lipinski definition) is 1. The van der Waals surface area contributed by atoms with Crippen molar-refractivity contribution in [2.45, 2.75) is 43.0 Å². The van der Waals surface area contributed by atoms with Crippen molar-refractivity contribution in [2.24, 2.45) is 0 Å². The van der Waals surface area contributed by atoms with E-state index in [0.29, 0.717) is 12.0 Å². The van der Waals surface area contributed by atoms with Crippen LogP contribution in [0.3, 0.4) is 0 Å². The Hall–Kier alpha value is -3.31. The first-order valence-corrected chi connectivity index (χ1v) is 15.4. The molecule has 1 aliphatic carbocycles. The molecule has 1 N–H and O–H groups in total. The second-order valence-electron chi connectivity index (χ2n) is 9.52. The maximum atomic E-state index is 11.2. The van der Waals surface area contributed by atoms with Crippen LogP contribution in [0.25, 0.3) is 26.3 Å². The van der Waals surface area contributed by atoms with Gasteiger partial charge in [0.05, 0.1) is 0 Å². The molecule has 2 unspecified atom stereocenters. The summed E-state index contributed by atoms with van der Waals surface area (Å²) in [6.45, 7) is 2.19. The zero-order chi connectivity index (χ0) is 26.2. The lowest BCUT2D eigenvalue weighted by Crippen LogP contribution is -2.26. The van der Waals surface area contributed by atoms with Crippen molar-refractivity contribution < 1.29 is 9.90 Å². The zero-order valence-corrected chi connectivity index (χ0v) is 23.3. The number of thiophene rings is 2. The molecule has 2 aromatic carbocycles. The Balaban J connectivity index is 1.29. The maximum Gasteiger partial charge on any atom is 0.346 e. The number of nitrogens with zero attached hydrogens (tertiary/aromatic N) is 2. The summed E-state index contributed by atoms with van der Waals surface area (Å²) in [6, 6.07) is 26.5. The van der Waals surface area contributed by atoms with Crippen molar-refractivity contribution in [2.75, 3.05) is 10.7 Å². The van der Waals surface area contributed by atoms with Crippen molar-refractivity contribution >= 4 is 57.9 Å². The summed E-state index contributed by atoms with van der Waals surface area (Å²) in [6.07, 6.45) is 5.18. The molecule has 7 heteroatoms. The van der Waals surface area contributed by atoms with Crippen LogP contribution < -0.4 is 4.90 Å². The minimum Gasteiger partial charge on any atom is -0.477 e. The van der Waals surface area contributed by atoms with E-state index >= 15 is 0 Å². The van der Waals surface area contributed by atoms with Crippen molar-refractivity contribution in [3.8, 4) is 26.3 Å². The van der Waals surface area contributed by atoms with Gasteiger partial charge in [-0.1, -0.05) is 19.4 Å². The number of aliphatic carboxylic acids is 1. The van der Waals surface area contributed by atoms with Gasteiger partial charge in [0.15, 0.2) is 0 Å². The molecule has 3 heterocycles. The summed E-state index contributed by atoms with van der Waals surface area (Å²) in [7, 11) is 0. The van der Waals surface area contributed by atoms with E-state index in [1.54, 1.807) is 17.4 Å². The zero-order valence-electron chi connectivity index (χ0n) is 20.9. The highest BCUT2D eigenvalue weighted by Crippen LogP contribution is 2.53. The van der Waals surface area contributed by atoms with Gasteiger partial charge in [-0.2, -0.15) is 5.26 Å². The minimum atomic E-state index is -1.20. The second kappa shape index (κ2) is 10.5. The topological polar surface area (TPSA) is 64.3 Å². The molecule has 0 amide bonds. The number of fused-ring (bicyclic) bond motifs is 3. The Kier molecular flexibility index (Phi) is 6.87. The molecule has 0 spiro atoms. The van der Waals surface area contributed by atoms with Crippen LogP contribution in [0.15, 0.2) is 77.2 Å².